The van der Waals surface area contributed by atoms with Gasteiger partial charge in [0.25, 0.3) is 0 Å². The fraction of sp³-hybridized carbons (Fsp3) is 0.348. The lowest BCUT2D eigenvalue weighted by atomic mass is 9.97. The topological polar surface area (TPSA) is 98.5 Å². The summed E-state index contributed by atoms with van der Waals surface area (Å²) in [7, 11) is 0.151. The number of Topliss-reactive ketones (excluding diaryl/α,β-unsaturated/α-hetero) is 1. The van der Waals surface area contributed by atoms with E-state index in [2.05, 4.69) is 37.1 Å². The second-order valence-corrected chi connectivity index (χ2v) is 13.4. The van der Waals surface area contributed by atoms with Crippen LogP contribution in [0.2, 0.25) is 19.6 Å². The highest BCUT2D eigenvalue weighted by Crippen LogP contribution is 2.20. The number of hydrogen-bond acceptors (Lipinski definition) is 4. The zero-order valence-corrected chi connectivity index (χ0v) is 19.0. The van der Waals surface area contributed by atoms with Gasteiger partial charge >= 0.3 is 0 Å². The third kappa shape index (κ3) is 6.84. The van der Waals surface area contributed by atoms with Crippen LogP contribution in [-0.4, -0.2) is 32.8 Å². The molecule has 2 aromatic carbocycles. The molecule has 7 heteroatoms. The van der Waals surface area contributed by atoms with E-state index in [4.69, 9.17) is 10.5 Å². The zero-order valence-electron chi connectivity index (χ0n) is 18.0. The third-order valence-electron chi connectivity index (χ3n) is 4.87. The lowest BCUT2D eigenvalue weighted by molar-refractivity contribution is -0.128. The van der Waals surface area contributed by atoms with Crippen molar-refractivity contribution in [3.8, 4) is 5.75 Å². The first-order chi connectivity index (χ1) is 14.1. The molecule has 0 aliphatic rings. The van der Waals surface area contributed by atoms with Crippen LogP contribution in [0.15, 0.2) is 48.5 Å². The van der Waals surface area contributed by atoms with E-state index < -0.39 is 25.9 Å². The first-order valence-electron chi connectivity index (χ1n) is 9.94. The minimum absolute atomic E-state index is 0.0554. The molecule has 2 aromatic rings. The van der Waals surface area contributed by atoms with Gasteiger partial charge in [-0.3, -0.25) is 14.4 Å². The van der Waals surface area contributed by atoms with E-state index in [1.165, 1.54) is 5.19 Å². The Bertz CT molecular complexity index is 887. The van der Waals surface area contributed by atoms with Crippen LogP contribution in [0.25, 0.3) is 0 Å². The fourth-order valence-corrected chi connectivity index (χ4v) is 4.21. The van der Waals surface area contributed by atoms with E-state index in [0.717, 1.165) is 5.56 Å². The molecule has 0 bridgehead atoms. The van der Waals surface area contributed by atoms with E-state index in [1.807, 2.05) is 12.1 Å². The molecule has 2 rings (SSSR count). The van der Waals surface area contributed by atoms with E-state index >= 15 is 0 Å². The summed E-state index contributed by atoms with van der Waals surface area (Å²) in [6.45, 7) is 6.82. The summed E-state index contributed by atoms with van der Waals surface area (Å²) in [5.74, 6) is -0.419. The normalized spacial score (nSPS) is 12.1. The van der Waals surface area contributed by atoms with Crippen molar-refractivity contribution in [3.63, 3.8) is 0 Å². The molecular formula is C23H30N2O4Si. The van der Waals surface area contributed by atoms with E-state index in [9.17, 15) is 14.4 Å². The van der Waals surface area contributed by atoms with E-state index in [1.54, 1.807) is 31.4 Å². The average Bonchev–Trinajstić information content (AvgIpc) is 2.70. The van der Waals surface area contributed by atoms with Crippen LogP contribution in [0, 0.1) is 0 Å². The van der Waals surface area contributed by atoms with Gasteiger partial charge in [0.1, 0.15) is 11.8 Å². The van der Waals surface area contributed by atoms with Crippen LogP contribution in [0.3, 0.4) is 0 Å². The van der Waals surface area contributed by atoms with Crippen molar-refractivity contribution in [2.24, 2.45) is 5.73 Å². The number of amides is 2. The number of nitrogens with one attached hydrogen (secondary N) is 1. The van der Waals surface area contributed by atoms with Crippen LogP contribution in [0.5, 0.6) is 5.75 Å². The van der Waals surface area contributed by atoms with Crippen LogP contribution in [0.4, 0.5) is 0 Å². The molecule has 0 saturated heterocycles. The Morgan fingerprint density at radius 2 is 1.57 bits per heavy atom. The zero-order chi connectivity index (χ0) is 22.3. The molecule has 0 aromatic heterocycles. The number of carbonyl (C=O) groups excluding carboxylic acids is 3. The lowest BCUT2D eigenvalue weighted by Crippen LogP contribution is -2.37. The number of hydrogen-bond donors (Lipinski definition) is 2. The Balaban J connectivity index is 2.20. The SMILES string of the molecule is COc1ccc(C(NC(=O)CCC(N)=O)C(=O)Cc2ccc([Si](C)(C)C)cc2)cc1. The van der Waals surface area contributed by atoms with Crippen LogP contribution in [0.1, 0.15) is 30.0 Å². The number of methoxy groups -OCH3 is 1. The van der Waals surface area contributed by atoms with Crippen molar-refractivity contribution in [1.29, 1.82) is 0 Å². The van der Waals surface area contributed by atoms with Crippen molar-refractivity contribution in [2.75, 3.05) is 7.11 Å². The second kappa shape index (κ2) is 10.2. The predicted octanol–water partition coefficient (Wildman–Crippen LogP) is 2.47. The molecule has 0 aliphatic heterocycles. The Kier molecular flexibility index (Phi) is 7.94. The summed E-state index contributed by atoms with van der Waals surface area (Å²) < 4.78 is 5.17. The van der Waals surface area contributed by atoms with Crippen LogP contribution in [-0.2, 0) is 20.8 Å². The van der Waals surface area contributed by atoms with Gasteiger partial charge in [-0.1, -0.05) is 61.2 Å². The summed E-state index contributed by atoms with van der Waals surface area (Å²) in [6.07, 6.45) is 0.0759. The first-order valence-corrected chi connectivity index (χ1v) is 13.4. The number of ether oxygens (including phenoxy) is 1. The summed E-state index contributed by atoms with van der Waals surface area (Å²) >= 11 is 0. The smallest absolute Gasteiger partial charge is 0.221 e. The summed E-state index contributed by atoms with van der Waals surface area (Å²) in [5.41, 5.74) is 6.68. The number of rotatable bonds is 10. The summed E-state index contributed by atoms with van der Waals surface area (Å²) in [6, 6.07) is 14.3. The highest BCUT2D eigenvalue weighted by Gasteiger charge is 2.23. The molecule has 0 radical (unpaired) electrons. The Labute approximate surface area is 178 Å². The summed E-state index contributed by atoms with van der Waals surface area (Å²) in [4.78, 5) is 36.3. The number of ketones is 1. The Morgan fingerprint density at radius 1 is 0.967 bits per heavy atom. The summed E-state index contributed by atoms with van der Waals surface area (Å²) in [5, 5.41) is 4.08. The largest absolute Gasteiger partial charge is 0.497 e. The van der Waals surface area contributed by atoms with Gasteiger partial charge in [-0.2, -0.15) is 0 Å². The van der Waals surface area contributed by atoms with Crippen LogP contribution < -0.4 is 21.0 Å². The Hall–Kier alpha value is -2.93. The minimum Gasteiger partial charge on any atom is -0.497 e. The van der Waals surface area contributed by atoms with Crippen molar-refractivity contribution < 1.29 is 19.1 Å². The molecule has 0 spiro atoms. The molecule has 3 N–H and O–H groups in total. The predicted molar refractivity (Wildman–Crippen MR) is 120 cm³/mol. The maximum Gasteiger partial charge on any atom is 0.221 e. The van der Waals surface area contributed by atoms with E-state index in [0.29, 0.717) is 11.3 Å². The average molecular weight is 427 g/mol. The van der Waals surface area contributed by atoms with Gasteiger partial charge < -0.3 is 15.8 Å². The molecular weight excluding hydrogens is 396 g/mol. The standard InChI is InChI=1S/C23H30N2O4Si/c1-29-18-9-7-17(8-10-18)23(25-22(28)14-13-21(24)27)20(26)15-16-5-11-19(12-6-16)30(2,3)4/h5-12,23H,13-15H2,1-4H3,(H2,24,27)(H,25,28). The monoisotopic (exact) mass is 426 g/mol. The third-order valence-corrected chi connectivity index (χ3v) is 6.94. The van der Waals surface area contributed by atoms with Gasteiger partial charge in [0.2, 0.25) is 11.8 Å². The van der Waals surface area contributed by atoms with Crippen molar-refractivity contribution in [2.45, 2.75) is 44.9 Å². The van der Waals surface area contributed by atoms with Gasteiger partial charge in [-0.15, -0.1) is 0 Å². The second-order valence-electron chi connectivity index (χ2n) is 8.33. The maximum atomic E-state index is 13.1. The first kappa shape index (κ1) is 23.3. The molecule has 30 heavy (non-hydrogen) atoms. The van der Waals surface area contributed by atoms with E-state index in [-0.39, 0.29) is 25.0 Å². The molecule has 2 amide bonds. The molecule has 0 saturated carbocycles. The van der Waals surface area contributed by atoms with Crippen molar-refractivity contribution >= 4 is 30.9 Å². The fourth-order valence-electron chi connectivity index (χ4n) is 3.04. The number of carbonyl (C=O) groups is 3. The lowest BCUT2D eigenvalue weighted by Gasteiger charge is -2.19. The highest BCUT2D eigenvalue weighted by atomic mass is 28.3. The number of benzene rings is 2. The number of nitrogens with two attached hydrogens (primary N) is 1. The van der Waals surface area contributed by atoms with Gasteiger partial charge in [-0.25, -0.2) is 0 Å². The van der Waals surface area contributed by atoms with Gasteiger partial charge in [-0.05, 0) is 23.3 Å². The highest BCUT2D eigenvalue weighted by molar-refractivity contribution is 6.88. The molecule has 0 aliphatic carbocycles. The van der Waals surface area contributed by atoms with Gasteiger partial charge in [0.15, 0.2) is 5.78 Å². The number of primary amides is 1. The minimum atomic E-state index is -1.41. The molecule has 1 atom stereocenters. The van der Waals surface area contributed by atoms with Crippen LogP contribution >= 0.6 is 0 Å². The molecule has 6 nitrogen and oxygen atoms in total. The van der Waals surface area contributed by atoms with Gasteiger partial charge in [0, 0.05) is 19.3 Å². The molecule has 160 valence electrons. The van der Waals surface area contributed by atoms with Crippen molar-refractivity contribution in [1.82, 2.24) is 5.32 Å². The van der Waals surface area contributed by atoms with Crippen molar-refractivity contribution in [3.05, 3.63) is 59.7 Å². The Morgan fingerprint density at radius 3 is 2.07 bits per heavy atom. The van der Waals surface area contributed by atoms with Gasteiger partial charge in [0.05, 0.1) is 15.2 Å². The molecule has 0 heterocycles. The quantitative estimate of drug-likeness (QED) is 0.570. The maximum absolute atomic E-state index is 13.1. The molecule has 0 fully saturated rings. The molecule has 1 unspecified atom stereocenters.